The standard InChI is InChI=1S/C16H33NO4Si/c1-9-10-12-13(20-16(5,6)19-12)11(17)14(18-10)21-22(7,8)15(2,3)4/h10-14H,9,17H2,1-8H3/t10?,11-,12+,13-,14?/m1/s1. The zero-order chi connectivity index (χ0) is 16.9. The third-order valence-corrected chi connectivity index (χ3v) is 9.59. The third kappa shape index (κ3) is 3.42. The van der Waals surface area contributed by atoms with E-state index in [1.807, 2.05) is 13.8 Å². The van der Waals surface area contributed by atoms with E-state index < -0.39 is 20.4 Å². The summed E-state index contributed by atoms with van der Waals surface area (Å²) in [6, 6.07) is -0.330. The Morgan fingerprint density at radius 2 is 1.68 bits per heavy atom. The summed E-state index contributed by atoms with van der Waals surface area (Å²) in [5.41, 5.74) is 6.42. The highest BCUT2D eigenvalue weighted by atomic mass is 28.4. The Kier molecular flexibility index (Phi) is 4.86. The fourth-order valence-electron chi connectivity index (χ4n) is 2.80. The van der Waals surface area contributed by atoms with Gasteiger partial charge in [-0.3, -0.25) is 0 Å². The molecule has 2 aliphatic heterocycles. The van der Waals surface area contributed by atoms with E-state index >= 15 is 0 Å². The lowest BCUT2D eigenvalue weighted by atomic mass is 9.96. The second kappa shape index (κ2) is 5.83. The lowest BCUT2D eigenvalue weighted by Gasteiger charge is -2.46. The molecule has 0 aromatic carbocycles. The summed E-state index contributed by atoms with van der Waals surface area (Å²) in [6.45, 7) is 17.0. The Labute approximate surface area is 136 Å². The van der Waals surface area contributed by atoms with Crippen LogP contribution in [0.1, 0.15) is 48.0 Å². The molecule has 2 N–H and O–H groups in total. The minimum Gasteiger partial charge on any atom is -0.391 e. The van der Waals surface area contributed by atoms with Gasteiger partial charge >= 0.3 is 0 Å². The summed E-state index contributed by atoms with van der Waals surface area (Å²) in [5, 5.41) is 0.112. The van der Waals surface area contributed by atoms with Crippen LogP contribution < -0.4 is 5.73 Å². The maximum atomic E-state index is 6.42. The predicted octanol–water partition coefficient (Wildman–Crippen LogP) is 2.99. The molecule has 2 unspecified atom stereocenters. The molecule has 2 fully saturated rings. The normalized spacial score (nSPS) is 38.9. The summed E-state index contributed by atoms with van der Waals surface area (Å²) in [4.78, 5) is 0. The van der Waals surface area contributed by atoms with Gasteiger partial charge < -0.3 is 24.4 Å². The van der Waals surface area contributed by atoms with Gasteiger partial charge in [0.25, 0.3) is 0 Å². The number of rotatable bonds is 3. The topological polar surface area (TPSA) is 62.9 Å². The second-order valence-electron chi connectivity index (χ2n) is 8.47. The molecule has 0 aromatic rings. The molecule has 2 aliphatic rings. The smallest absolute Gasteiger partial charge is 0.195 e. The van der Waals surface area contributed by atoms with Crippen molar-refractivity contribution in [3.63, 3.8) is 0 Å². The zero-order valence-corrected chi connectivity index (χ0v) is 16.3. The number of hydrogen-bond acceptors (Lipinski definition) is 5. The van der Waals surface area contributed by atoms with Gasteiger partial charge in [0, 0.05) is 0 Å². The van der Waals surface area contributed by atoms with E-state index in [1.54, 1.807) is 0 Å². The van der Waals surface area contributed by atoms with Gasteiger partial charge in [-0.2, -0.15) is 0 Å². The SMILES string of the molecule is CCC1OC(O[Si](C)(C)C(C)(C)C)[C@H](N)[C@H]2OC(C)(C)O[C@@H]12. The zero-order valence-electron chi connectivity index (χ0n) is 15.3. The van der Waals surface area contributed by atoms with E-state index in [4.69, 9.17) is 24.4 Å². The van der Waals surface area contributed by atoms with E-state index in [0.717, 1.165) is 6.42 Å². The van der Waals surface area contributed by atoms with Crippen molar-refractivity contribution in [1.82, 2.24) is 0 Å². The van der Waals surface area contributed by atoms with Crippen LogP contribution in [0.15, 0.2) is 0 Å². The van der Waals surface area contributed by atoms with Crippen LogP contribution in [0.3, 0.4) is 0 Å². The van der Waals surface area contributed by atoms with Gasteiger partial charge in [-0.1, -0.05) is 27.7 Å². The molecule has 0 radical (unpaired) electrons. The first-order chi connectivity index (χ1) is 9.88. The van der Waals surface area contributed by atoms with Crippen molar-refractivity contribution in [2.75, 3.05) is 0 Å². The van der Waals surface area contributed by atoms with Crippen LogP contribution in [-0.2, 0) is 18.6 Å². The summed E-state index contributed by atoms with van der Waals surface area (Å²) >= 11 is 0. The van der Waals surface area contributed by atoms with Gasteiger partial charge in [-0.15, -0.1) is 0 Å². The van der Waals surface area contributed by atoms with E-state index in [-0.39, 0.29) is 29.4 Å². The predicted molar refractivity (Wildman–Crippen MR) is 89.0 cm³/mol. The second-order valence-corrected chi connectivity index (χ2v) is 13.2. The fraction of sp³-hybridized carbons (Fsp3) is 1.00. The van der Waals surface area contributed by atoms with Crippen molar-refractivity contribution in [3.05, 3.63) is 0 Å². The molecule has 0 aliphatic carbocycles. The maximum absolute atomic E-state index is 6.42. The van der Waals surface area contributed by atoms with Crippen LogP contribution in [0.25, 0.3) is 0 Å². The molecule has 130 valence electrons. The van der Waals surface area contributed by atoms with Crippen LogP contribution >= 0.6 is 0 Å². The number of fused-ring (bicyclic) bond motifs is 1. The third-order valence-electron chi connectivity index (χ3n) is 5.15. The van der Waals surface area contributed by atoms with Crippen LogP contribution in [0.4, 0.5) is 0 Å². The first-order valence-electron chi connectivity index (χ1n) is 8.32. The first-order valence-corrected chi connectivity index (χ1v) is 11.2. The van der Waals surface area contributed by atoms with Crippen molar-refractivity contribution < 1.29 is 18.6 Å². The van der Waals surface area contributed by atoms with E-state index in [1.165, 1.54) is 0 Å². The molecule has 22 heavy (non-hydrogen) atoms. The minimum atomic E-state index is -1.96. The van der Waals surface area contributed by atoms with E-state index in [2.05, 4.69) is 40.8 Å². The van der Waals surface area contributed by atoms with Crippen LogP contribution in [-0.4, -0.2) is 44.7 Å². The average Bonchev–Trinajstić information content (AvgIpc) is 2.67. The Morgan fingerprint density at radius 1 is 1.14 bits per heavy atom. The fourth-order valence-corrected chi connectivity index (χ4v) is 3.95. The number of nitrogens with two attached hydrogens (primary N) is 1. The van der Waals surface area contributed by atoms with Crippen LogP contribution in [0.2, 0.25) is 18.1 Å². The lowest BCUT2D eigenvalue weighted by molar-refractivity contribution is -0.211. The Hall–Kier alpha value is 0.0169. The van der Waals surface area contributed by atoms with Gasteiger partial charge in [0.1, 0.15) is 12.2 Å². The van der Waals surface area contributed by atoms with Crippen molar-refractivity contribution in [3.8, 4) is 0 Å². The molecule has 2 rings (SSSR count). The van der Waals surface area contributed by atoms with Gasteiger partial charge in [-0.25, -0.2) is 0 Å². The van der Waals surface area contributed by atoms with Gasteiger partial charge in [0.05, 0.1) is 12.1 Å². The number of ether oxygens (including phenoxy) is 3. The quantitative estimate of drug-likeness (QED) is 0.806. The molecule has 0 saturated carbocycles. The lowest BCUT2D eigenvalue weighted by Crippen LogP contribution is -2.63. The van der Waals surface area contributed by atoms with Gasteiger partial charge in [-0.05, 0) is 38.4 Å². The number of hydrogen-bond donors (Lipinski definition) is 1. The summed E-state index contributed by atoms with van der Waals surface area (Å²) < 4.78 is 24.6. The molecule has 5 atom stereocenters. The summed E-state index contributed by atoms with van der Waals surface area (Å²) in [7, 11) is -1.96. The Bertz CT molecular complexity index is 407. The maximum Gasteiger partial charge on any atom is 0.195 e. The molecule has 2 saturated heterocycles. The highest BCUT2D eigenvalue weighted by Gasteiger charge is 2.55. The highest BCUT2D eigenvalue weighted by molar-refractivity contribution is 6.74. The van der Waals surface area contributed by atoms with Crippen molar-refractivity contribution in [2.45, 2.75) is 103 Å². The molecule has 0 bridgehead atoms. The minimum absolute atomic E-state index is 0.0404. The van der Waals surface area contributed by atoms with Crippen LogP contribution in [0, 0.1) is 0 Å². The molecule has 0 aromatic heterocycles. The summed E-state index contributed by atoms with van der Waals surface area (Å²) in [5.74, 6) is -0.615. The van der Waals surface area contributed by atoms with Crippen molar-refractivity contribution in [2.24, 2.45) is 5.73 Å². The van der Waals surface area contributed by atoms with Crippen LogP contribution in [0.5, 0.6) is 0 Å². The molecule has 2 heterocycles. The largest absolute Gasteiger partial charge is 0.391 e. The average molecular weight is 332 g/mol. The monoisotopic (exact) mass is 331 g/mol. The molecular weight excluding hydrogens is 298 g/mol. The molecule has 0 amide bonds. The van der Waals surface area contributed by atoms with Gasteiger partial charge in [0.2, 0.25) is 0 Å². The van der Waals surface area contributed by atoms with E-state index in [0.29, 0.717) is 0 Å². The summed E-state index contributed by atoms with van der Waals surface area (Å²) in [6.07, 6.45) is 0.0914. The molecular formula is C16H33NO4Si. The van der Waals surface area contributed by atoms with E-state index in [9.17, 15) is 0 Å². The Morgan fingerprint density at radius 3 is 2.18 bits per heavy atom. The van der Waals surface area contributed by atoms with Crippen molar-refractivity contribution in [1.29, 1.82) is 0 Å². The molecule has 6 heteroatoms. The van der Waals surface area contributed by atoms with Crippen molar-refractivity contribution >= 4 is 8.32 Å². The molecule has 5 nitrogen and oxygen atoms in total. The first kappa shape index (κ1) is 18.4. The molecule has 0 spiro atoms. The highest BCUT2D eigenvalue weighted by Crippen LogP contribution is 2.42. The van der Waals surface area contributed by atoms with Gasteiger partial charge in [0.15, 0.2) is 20.4 Å². The Balaban J connectivity index is 2.18.